The first kappa shape index (κ1) is 14.6. The number of carbonyl (C=O) groups is 1. The molecule has 1 atom stereocenters. The summed E-state index contributed by atoms with van der Waals surface area (Å²) in [6.45, 7) is 0.0572. The smallest absolute Gasteiger partial charge is 0.363 e. The quantitative estimate of drug-likeness (QED) is 0.878. The molecule has 5 nitrogen and oxygen atoms in total. The molecule has 0 spiro atoms. The maximum Gasteiger partial charge on any atom is 0.433 e. The average Bonchev–Trinajstić information content (AvgIpc) is 3.24. The molecule has 116 valence electrons. The van der Waals surface area contributed by atoms with Crippen LogP contribution >= 0.6 is 0 Å². The second-order valence-corrected chi connectivity index (χ2v) is 4.80. The molecule has 1 fully saturated rings. The summed E-state index contributed by atoms with van der Waals surface area (Å²) in [5.74, 6) is -0.416. The summed E-state index contributed by atoms with van der Waals surface area (Å²) in [7, 11) is 0. The number of carbonyl (C=O) groups excluding carboxylic acids is 1. The summed E-state index contributed by atoms with van der Waals surface area (Å²) in [5, 5.41) is 6.23. The van der Waals surface area contributed by atoms with Crippen molar-refractivity contribution in [1.82, 2.24) is 15.1 Å². The average molecular weight is 311 g/mol. The molecular formula is C14H12F3N3O2. The Morgan fingerprint density at radius 1 is 1.36 bits per heavy atom. The lowest BCUT2D eigenvalue weighted by molar-refractivity contribution is -0.143. The van der Waals surface area contributed by atoms with Gasteiger partial charge in [0.25, 0.3) is 5.91 Å². The summed E-state index contributed by atoms with van der Waals surface area (Å²) < 4.78 is 45.6. The van der Waals surface area contributed by atoms with Crippen molar-refractivity contribution in [2.75, 3.05) is 6.61 Å². The Morgan fingerprint density at radius 2 is 2.05 bits per heavy atom. The van der Waals surface area contributed by atoms with Crippen LogP contribution in [-0.2, 0) is 22.3 Å². The van der Waals surface area contributed by atoms with E-state index in [0.29, 0.717) is 12.3 Å². The summed E-state index contributed by atoms with van der Waals surface area (Å²) in [4.78, 5) is 11.5. The third kappa shape index (κ3) is 2.96. The number of halogens is 3. The molecule has 1 aromatic carbocycles. The van der Waals surface area contributed by atoms with E-state index in [2.05, 4.69) is 10.4 Å². The molecule has 2 heterocycles. The topological polar surface area (TPSA) is 59.5 Å². The van der Waals surface area contributed by atoms with E-state index >= 15 is 0 Å². The van der Waals surface area contributed by atoms with Crippen LogP contribution in [0, 0.1) is 0 Å². The third-order valence-electron chi connectivity index (χ3n) is 3.19. The van der Waals surface area contributed by atoms with Gasteiger partial charge in [0, 0.05) is 12.1 Å². The SMILES string of the molecule is O=C(NCc1cnn(-c2ccccc2)c1C(F)(F)F)C1CO1. The number of nitrogens with zero attached hydrogens (tertiary/aromatic N) is 2. The van der Waals surface area contributed by atoms with E-state index in [1.54, 1.807) is 18.2 Å². The van der Waals surface area contributed by atoms with Crippen molar-refractivity contribution in [3.05, 3.63) is 47.8 Å². The van der Waals surface area contributed by atoms with Crippen molar-refractivity contribution < 1.29 is 22.7 Å². The molecule has 0 radical (unpaired) electrons. The van der Waals surface area contributed by atoms with Crippen molar-refractivity contribution in [3.63, 3.8) is 0 Å². The molecule has 0 bridgehead atoms. The number of rotatable bonds is 4. The molecule has 8 heteroatoms. The minimum absolute atomic E-state index is 0.0923. The van der Waals surface area contributed by atoms with E-state index in [4.69, 9.17) is 4.74 Å². The van der Waals surface area contributed by atoms with Crippen LogP contribution in [0.15, 0.2) is 36.5 Å². The number of aromatic nitrogens is 2. The van der Waals surface area contributed by atoms with Gasteiger partial charge in [0.15, 0.2) is 11.8 Å². The van der Waals surface area contributed by atoms with Crippen LogP contribution in [0.25, 0.3) is 5.69 Å². The Balaban J connectivity index is 1.90. The summed E-state index contributed by atoms with van der Waals surface area (Å²) in [6.07, 6.45) is -4.01. The van der Waals surface area contributed by atoms with Gasteiger partial charge >= 0.3 is 6.18 Å². The van der Waals surface area contributed by atoms with E-state index < -0.39 is 23.9 Å². The van der Waals surface area contributed by atoms with Crippen LogP contribution in [0.1, 0.15) is 11.3 Å². The molecular weight excluding hydrogens is 299 g/mol. The molecule has 1 aromatic heterocycles. The molecule has 1 saturated heterocycles. The highest BCUT2D eigenvalue weighted by Gasteiger charge is 2.39. The number of benzene rings is 1. The summed E-state index contributed by atoms with van der Waals surface area (Å²) in [6, 6.07) is 8.02. The molecule has 0 saturated carbocycles. The Kier molecular flexibility index (Phi) is 3.61. The van der Waals surface area contributed by atoms with E-state index in [9.17, 15) is 18.0 Å². The summed E-state index contributed by atoms with van der Waals surface area (Å²) >= 11 is 0. The third-order valence-corrected chi connectivity index (χ3v) is 3.19. The van der Waals surface area contributed by atoms with Gasteiger partial charge < -0.3 is 10.1 Å². The van der Waals surface area contributed by atoms with Gasteiger partial charge in [-0.1, -0.05) is 18.2 Å². The lowest BCUT2D eigenvalue weighted by Crippen LogP contribution is -2.28. The largest absolute Gasteiger partial charge is 0.433 e. The highest BCUT2D eigenvalue weighted by Crippen LogP contribution is 2.33. The predicted octanol–water partition coefficient (Wildman–Crippen LogP) is 1.91. The monoisotopic (exact) mass is 311 g/mol. The fourth-order valence-corrected chi connectivity index (χ4v) is 2.07. The highest BCUT2D eigenvalue weighted by molar-refractivity contribution is 5.82. The Bertz CT molecular complexity index is 678. The van der Waals surface area contributed by atoms with Gasteiger partial charge in [-0.05, 0) is 12.1 Å². The molecule has 1 aliphatic rings. The Labute approximate surface area is 123 Å². The van der Waals surface area contributed by atoms with Gasteiger partial charge in [-0.15, -0.1) is 0 Å². The second-order valence-electron chi connectivity index (χ2n) is 4.80. The number of nitrogens with one attached hydrogen (secondary N) is 1. The molecule has 1 N–H and O–H groups in total. The van der Waals surface area contributed by atoms with Gasteiger partial charge in [0.05, 0.1) is 18.5 Å². The molecule has 2 aromatic rings. The molecule has 0 aliphatic carbocycles. The van der Waals surface area contributed by atoms with Crippen molar-refractivity contribution in [2.45, 2.75) is 18.8 Å². The zero-order chi connectivity index (χ0) is 15.7. The number of epoxide rings is 1. The standard InChI is InChI=1S/C14H12F3N3O2/c15-14(16,17)12-9(6-18-13(21)11-8-22-11)7-19-20(12)10-4-2-1-3-5-10/h1-5,7,11H,6,8H2,(H,18,21). The second kappa shape index (κ2) is 5.45. The lowest BCUT2D eigenvalue weighted by atomic mass is 10.2. The fraction of sp³-hybridized carbons (Fsp3) is 0.286. The van der Waals surface area contributed by atoms with E-state index in [1.165, 1.54) is 12.1 Å². The van der Waals surface area contributed by atoms with Gasteiger partial charge in [-0.2, -0.15) is 18.3 Å². The van der Waals surface area contributed by atoms with Gasteiger partial charge in [-0.3, -0.25) is 4.79 Å². The van der Waals surface area contributed by atoms with Crippen molar-refractivity contribution in [3.8, 4) is 5.69 Å². The number of hydrogen-bond acceptors (Lipinski definition) is 3. The van der Waals surface area contributed by atoms with Crippen LogP contribution in [0.5, 0.6) is 0 Å². The molecule has 22 heavy (non-hydrogen) atoms. The molecule has 1 aliphatic heterocycles. The highest BCUT2D eigenvalue weighted by atomic mass is 19.4. The van der Waals surface area contributed by atoms with Crippen LogP contribution in [0.4, 0.5) is 13.2 Å². The summed E-state index contributed by atoms with van der Waals surface area (Å²) in [5.41, 5.74) is -0.681. The van der Waals surface area contributed by atoms with Crippen molar-refractivity contribution in [1.29, 1.82) is 0 Å². The first-order chi connectivity index (χ1) is 10.5. The molecule has 3 rings (SSSR count). The van der Waals surface area contributed by atoms with Gasteiger partial charge in [0.1, 0.15) is 0 Å². The number of ether oxygens (including phenoxy) is 1. The minimum atomic E-state index is -4.58. The number of para-hydroxylation sites is 1. The van der Waals surface area contributed by atoms with E-state index in [1.807, 2.05) is 0 Å². The Morgan fingerprint density at radius 3 is 2.64 bits per heavy atom. The van der Waals surface area contributed by atoms with Crippen molar-refractivity contribution >= 4 is 5.91 Å². The van der Waals surface area contributed by atoms with Crippen LogP contribution < -0.4 is 5.32 Å². The van der Waals surface area contributed by atoms with E-state index in [-0.39, 0.29) is 12.1 Å². The van der Waals surface area contributed by atoms with Crippen LogP contribution in [-0.4, -0.2) is 28.4 Å². The number of hydrogen-bond donors (Lipinski definition) is 1. The first-order valence-corrected chi connectivity index (χ1v) is 6.55. The first-order valence-electron chi connectivity index (χ1n) is 6.55. The Hall–Kier alpha value is -2.35. The van der Waals surface area contributed by atoms with Crippen molar-refractivity contribution in [2.24, 2.45) is 0 Å². The maximum absolute atomic E-state index is 13.3. The lowest BCUT2D eigenvalue weighted by Gasteiger charge is -2.13. The zero-order valence-electron chi connectivity index (χ0n) is 11.3. The van der Waals surface area contributed by atoms with Crippen LogP contribution in [0.3, 0.4) is 0 Å². The maximum atomic E-state index is 13.3. The normalized spacial score (nSPS) is 17.3. The molecule has 1 amide bonds. The zero-order valence-corrected chi connectivity index (χ0v) is 11.3. The van der Waals surface area contributed by atoms with E-state index in [0.717, 1.165) is 10.9 Å². The molecule has 1 unspecified atom stereocenters. The minimum Gasteiger partial charge on any atom is -0.363 e. The number of alkyl halides is 3. The van der Waals surface area contributed by atoms with Gasteiger partial charge in [-0.25, -0.2) is 4.68 Å². The van der Waals surface area contributed by atoms with Gasteiger partial charge in [0.2, 0.25) is 0 Å². The number of amides is 1. The fourth-order valence-electron chi connectivity index (χ4n) is 2.07. The van der Waals surface area contributed by atoms with Crippen LogP contribution in [0.2, 0.25) is 0 Å². The predicted molar refractivity (Wildman–Crippen MR) is 70.2 cm³/mol.